The molecule has 0 fully saturated rings. The summed E-state index contributed by atoms with van der Waals surface area (Å²) in [6.45, 7) is 7.49. The van der Waals surface area contributed by atoms with Crippen LogP contribution in [-0.4, -0.2) is 22.7 Å². The normalized spacial score (nSPS) is 11.0. The molecule has 28 heavy (non-hydrogen) atoms. The van der Waals surface area contributed by atoms with Crippen molar-refractivity contribution >= 4 is 17.9 Å². The zero-order chi connectivity index (χ0) is 19.9. The number of nitrogens with zero attached hydrogens (tertiary/aromatic N) is 3. The Bertz CT molecular complexity index is 994. The highest BCUT2D eigenvalue weighted by molar-refractivity contribution is 5.80. The van der Waals surface area contributed by atoms with Crippen molar-refractivity contribution in [1.82, 2.24) is 9.97 Å². The van der Waals surface area contributed by atoms with Crippen LogP contribution in [0.4, 0.5) is 11.6 Å². The van der Waals surface area contributed by atoms with Crippen molar-refractivity contribution in [2.75, 3.05) is 16.9 Å². The Morgan fingerprint density at radius 2 is 1.82 bits per heavy atom. The molecule has 0 radical (unpaired) electrons. The summed E-state index contributed by atoms with van der Waals surface area (Å²) in [7, 11) is 0. The topological polar surface area (TPSA) is 73.4 Å². The minimum absolute atomic E-state index is 0.160. The first-order valence-electron chi connectivity index (χ1n) is 9.32. The van der Waals surface area contributed by atoms with Gasteiger partial charge in [0, 0.05) is 30.0 Å². The summed E-state index contributed by atoms with van der Waals surface area (Å²) in [4.78, 5) is 21.0. The van der Waals surface area contributed by atoms with E-state index in [9.17, 15) is 4.79 Å². The number of H-pyrrole nitrogens is 1. The van der Waals surface area contributed by atoms with Gasteiger partial charge in [0.25, 0.3) is 5.56 Å². The standard InChI is InChI=1S/C22H25N5O/c1-4-27(15-19-8-6-5-7-9-19)20-12-10-18(11-13-20)14-23-26-22-24-17(3)16(2)21(28)25-22/h5-14H,4,15H2,1-3H3,(H2,24,25,26,28)/b23-14-. The number of aromatic amines is 1. The molecule has 0 saturated heterocycles. The minimum Gasteiger partial charge on any atom is -0.367 e. The smallest absolute Gasteiger partial charge is 0.255 e. The van der Waals surface area contributed by atoms with Crippen molar-refractivity contribution in [3.05, 3.63) is 87.3 Å². The third-order valence-electron chi connectivity index (χ3n) is 4.64. The number of anilines is 2. The van der Waals surface area contributed by atoms with E-state index in [2.05, 4.69) is 68.7 Å². The molecule has 0 aliphatic heterocycles. The van der Waals surface area contributed by atoms with Gasteiger partial charge in [-0.15, -0.1) is 0 Å². The zero-order valence-corrected chi connectivity index (χ0v) is 16.4. The Labute approximate surface area is 165 Å². The molecular weight excluding hydrogens is 350 g/mol. The summed E-state index contributed by atoms with van der Waals surface area (Å²) in [6, 6.07) is 18.6. The number of hydrogen-bond acceptors (Lipinski definition) is 5. The van der Waals surface area contributed by atoms with E-state index >= 15 is 0 Å². The number of hydrogen-bond donors (Lipinski definition) is 2. The van der Waals surface area contributed by atoms with Gasteiger partial charge in [0.15, 0.2) is 0 Å². The molecule has 1 heterocycles. The predicted molar refractivity (Wildman–Crippen MR) is 115 cm³/mol. The Balaban J connectivity index is 1.65. The molecule has 3 rings (SSSR count). The lowest BCUT2D eigenvalue weighted by atomic mass is 10.1. The molecule has 0 bridgehead atoms. The summed E-state index contributed by atoms with van der Waals surface area (Å²) >= 11 is 0. The lowest BCUT2D eigenvalue weighted by molar-refractivity contribution is 0.832. The van der Waals surface area contributed by atoms with Crippen LogP contribution in [0.2, 0.25) is 0 Å². The van der Waals surface area contributed by atoms with E-state index in [4.69, 9.17) is 0 Å². The molecule has 0 atom stereocenters. The molecule has 2 aromatic carbocycles. The first kappa shape index (κ1) is 19.4. The second kappa shape index (κ2) is 8.99. The molecule has 0 amide bonds. The number of benzene rings is 2. The van der Waals surface area contributed by atoms with Crippen LogP contribution in [0.25, 0.3) is 0 Å². The highest BCUT2D eigenvalue weighted by Crippen LogP contribution is 2.17. The fourth-order valence-electron chi connectivity index (χ4n) is 2.83. The van der Waals surface area contributed by atoms with Crippen molar-refractivity contribution in [2.45, 2.75) is 27.3 Å². The van der Waals surface area contributed by atoms with Gasteiger partial charge in [-0.1, -0.05) is 42.5 Å². The van der Waals surface area contributed by atoms with E-state index in [1.165, 1.54) is 5.56 Å². The van der Waals surface area contributed by atoms with Gasteiger partial charge in [-0.2, -0.15) is 5.10 Å². The molecule has 6 heteroatoms. The van der Waals surface area contributed by atoms with Gasteiger partial charge in [-0.25, -0.2) is 10.4 Å². The SMILES string of the molecule is CCN(Cc1ccccc1)c1ccc(/C=N\Nc2nc(C)c(C)c(=O)[nH]2)cc1. The highest BCUT2D eigenvalue weighted by Gasteiger charge is 2.05. The van der Waals surface area contributed by atoms with Gasteiger partial charge in [0.1, 0.15) is 0 Å². The number of rotatable bonds is 7. The van der Waals surface area contributed by atoms with E-state index in [-0.39, 0.29) is 5.56 Å². The molecule has 0 saturated carbocycles. The zero-order valence-electron chi connectivity index (χ0n) is 16.4. The Morgan fingerprint density at radius 3 is 2.46 bits per heavy atom. The highest BCUT2D eigenvalue weighted by atomic mass is 16.1. The van der Waals surface area contributed by atoms with Crippen molar-refractivity contribution in [1.29, 1.82) is 0 Å². The Hall–Kier alpha value is -3.41. The first-order chi connectivity index (χ1) is 13.6. The van der Waals surface area contributed by atoms with Crippen LogP contribution in [0.1, 0.15) is 29.3 Å². The summed E-state index contributed by atoms with van der Waals surface area (Å²) in [5, 5.41) is 4.16. The molecule has 2 N–H and O–H groups in total. The molecule has 6 nitrogen and oxygen atoms in total. The number of hydrazone groups is 1. The van der Waals surface area contributed by atoms with Crippen LogP contribution >= 0.6 is 0 Å². The molecule has 0 unspecified atom stereocenters. The molecule has 1 aromatic heterocycles. The van der Waals surface area contributed by atoms with Crippen molar-refractivity contribution in [3.8, 4) is 0 Å². The summed E-state index contributed by atoms with van der Waals surface area (Å²) < 4.78 is 0. The average Bonchev–Trinajstić information content (AvgIpc) is 2.71. The van der Waals surface area contributed by atoms with Gasteiger partial charge in [-0.3, -0.25) is 9.78 Å². The van der Waals surface area contributed by atoms with Gasteiger partial charge in [0.05, 0.1) is 6.21 Å². The summed E-state index contributed by atoms with van der Waals surface area (Å²) in [5.41, 5.74) is 7.32. The van der Waals surface area contributed by atoms with Crippen molar-refractivity contribution in [2.24, 2.45) is 5.10 Å². The van der Waals surface area contributed by atoms with Crippen LogP contribution in [0.5, 0.6) is 0 Å². The van der Waals surface area contributed by atoms with Crippen molar-refractivity contribution in [3.63, 3.8) is 0 Å². The lowest BCUT2D eigenvalue weighted by Gasteiger charge is -2.23. The fourth-order valence-corrected chi connectivity index (χ4v) is 2.83. The van der Waals surface area contributed by atoms with Crippen LogP contribution in [0.3, 0.4) is 0 Å². The molecule has 0 spiro atoms. The van der Waals surface area contributed by atoms with Crippen LogP contribution < -0.4 is 15.9 Å². The molecule has 0 aliphatic rings. The van der Waals surface area contributed by atoms with Gasteiger partial charge in [0.2, 0.25) is 5.95 Å². The number of nitrogens with one attached hydrogen (secondary N) is 2. The van der Waals surface area contributed by atoms with Gasteiger partial charge >= 0.3 is 0 Å². The maximum atomic E-state index is 11.8. The van der Waals surface area contributed by atoms with Crippen LogP contribution in [0.15, 0.2) is 64.5 Å². The molecule has 3 aromatic rings. The van der Waals surface area contributed by atoms with E-state index in [0.717, 1.165) is 24.3 Å². The van der Waals surface area contributed by atoms with Crippen LogP contribution in [-0.2, 0) is 6.54 Å². The predicted octanol–water partition coefficient (Wildman–Crippen LogP) is 3.86. The number of aromatic nitrogens is 2. The van der Waals surface area contributed by atoms with E-state index < -0.39 is 0 Å². The lowest BCUT2D eigenvalue weighted by Crippen LogP contribution is -2.21. The largest absolute Gasteiger partial charge is 0.367 e. The van der Waals surface area contributed by atoms with Gasteiger partial charge < -0.3 is 4.90 Å². The van der Waals surface area contributed by atoms with E-state index in [1.54, 1.807) is 20.1 Å². The average molecular weight is 375 g/mol. The fraction of sp³-hybridized carbons (Fsp3) is 0.227. The monoisotopic (exact) mass is 375 g/mol. The Kier molecular flexibility index (Phi) is 6.22. The maximum absolute atomic E-state index is 11.8. The van der Waals surface area contributed by atoms with Crippen molar-refractivity contribution < 1.29 is 0 Å². The van der Waals surface area contributed by atoms with E-state index in [0.29, 0.717) is 17.2 Å². The summed E-state index contributed by atoms with van der Waals surface area (Å²) in [5.74, 6) is 0.334. The maximum Gasteiger partial charge on any atom is 0.255 e. The second-order valence-electron chi connectivity index (χ2n) is 6.59. The first-order valence-corrected chi connectivity index (χ1v) is 9.32. The minimum atomic E-state index is -0.160. The summed E-state index contributed by atoms with van der Waals surface area (Å²) in [6.07, 6.45) is 1.70. The number of aryl methyl sites for hydroxylation is 1. The Morgan fingerprint density at radius 1 is 1.11 bits per heavy atom. The second-order valence-corrected chi connectivity index (χ2v) is 6.59. The van der Waals surface area contributed by atoms with Gasteiger partial charge in [-0.05, 0) is 44.0 Å². The quantitative estimate of drug-likeness (QED) is 0.486. The molecular formula is C22H25N5O. The van der Waals surface area contributed by atoms with Crippen LogP contribution in [0, 0.1) is 13.8 Å². The van der Waals surface area contributed by atoms with E-state index in [1.807, 2.05) is 18.2 Å². The third kappa shape index (κ3) is 4.85. The molecule has 0 aliphatic carbocycles. The third-order valence-corrected chi connectivity index (χ3v) is 4.64. The molecule has 144 valence electrons.